The number of aromatic amines is 1. The number of nitrogens with one attached hydrogen (secondary N) is 1. The van der Waals surface area contributed by atoms with Crippen LogP contribution in [0.15, 0.2) is 53.3 Å². The number of nitro groups is 1. The summed E-state index contributed by atoms with van der Waals surface area (Å²) < 4.78 is 6.82. The fourth-order valence-electron chi connectivity index (χ4n) is 3.25. The first-order valence-electron chi connectivity index (χ1n) is 9.21. The molecule has 4 rings (SSSR count). The summed E-state index contributed by atoms with van der Waals surface area (Å²) in [6.07, 6.45) is 0. The topological polar surface area (TPSA) is 159 Å². The number of carbonyl (C=O) groups excluding carboxylic acids is 1. The normalized spacial score (nSPS) is 10.9. The van der Waals surface area contributed by atoms with Gasteiger partial charge in [-0.25, -0.2) is 19.3 Å². The largest absolute Gasteiger partial charge is 0.492 e. The molecule has 3 N–H and O–H groups in total. The summed E-state index contributed by atoms with van der Waals surface area (Å²) in [7, 11) is 0. The second-order valence-electron chi connectivity index (χ2n) is 6.40. The number of nitro benzene ring substituents is 1. The van der Waals surface area contributed by atoms with Gasteiger partial charge in [0.2, 0.25) is 0 Å². The molecule has 11 heteroatoms. The molecule has 0 saturated heterocycles. The Bertz CT molecular complexity index is 1390. The molecule has 0 unspecified atom stereocenters. The Labute approximate surface area is 174 Å². The van der Waals surface area contributed by atoms with E-state index in [1.54, 1.807) is 37.3 Å². The molecule has 0 atom stereocenters. The Balaban J connectivity index is 2.09. The van der Waals surface area contributed by atoms with E-state index in [0.29, 0.717) is 18.0 Å². The lowest BCUT2D eigenvalue weighted by Gasteiger charge is -2.11. The van der Waals surface area contributed by atoms with E-state index in [2.05, 4.69) is 15.0 Å². The number of nitrogens with two attached hydrogens (primary N) is 1. The van der Waals surface area contributed by atoms with Crippen molar-refractivity contribution in [2.24, 2.45) is 5.73 Å². The number of aromatic nitrogens is 4. The Morgan fingerprint density at radius 2 is 1.90 bits per heavy atom. The first-order valence-corrected chi connectivity index (χ1v) is 9.21. The maximum atomic E-state index is 12.8. The number of carbonyl (C=O) groups is 1. The van der Waals surface area contributed by atoms with Crippen molar-refractivity contribution in [3.63, 3.8) is 0 Å². The lowest BCUT2D eigenvalue weighted by Crippen LogP contribution is -2.16. The van der Waals surface area contributed by atoms with Gasteiger partial charge >= 0.3 is 5.69 Å². The highest BCUT2D eigenvalue weighted by atomic mass is 16.6. The highest BCUT2D eigenvalue weighted by Crippen LogP contribution is 2.30. The van der Waals surface area contributed by atoms with E-state index in [0.717, 1.165) is 0 Å². The first-order chi connectivity index (χ1) is 14.9. The average Bonchev–Trinajstić information content (AvgIpc) is 3.09. The molecule has 2 aromatic carbocycles. The maximum Gasteiger partial charge on any atom is 0.332 e. The highest BCUT2D eigenvalue weighted by molar-refractivity contribution is 6.02. The number of fused-ring (bicyclic) bond motifs is 1. The van der Waals surface area contributed by atoms with Gasteiger partial charge in [-0.1, -0.05) is 24.3 Å². The second kappa shape index (κ2) is 7.71. The van der Waals surface area contributed by atoms with Crippen molar-refractivity contribution >= 4 is 22.8 Å². The van der Waals surface area contributed by atoms with Crippen LogP contribution in [0, 0.1) is 10.1 Å². The van der Waals surface area contributed by atoms with Crippen molar-refractivity contribution in [1.29, 1.82) is 0 Å². The quantitative estimate of drug-likeness (QED) is 0.357. The first kappa shape index (κ1) is 19.8. The van der Waals surface area contributed by atoms with Gasteiger partial charge in [-0.2, -0.15) is 0 Å². The van der Waals surface area contributed by atoms with Crippen LogP contribution in [0.3, 0.4) is 0 Å². The number of nitrogens with zero attached hydrogens (tertiary/aromatic N) is 4. The van der Waals surface area contributed by atoms with Crippen molar-refractivity contribution in [1.82, 2.24) is 19.5 Å². The predicted molar refractivity (Wildman–Crippen MR) is 111 cm³/mol. The summed E-state index contributed by atoms with van der Waals surface area (Å²) in [5, 5.41) is 11.5. The molecule has 11 nitrogen and oxygen atoms in total. The minimum absolute atomic E-state index is 0.0196. The van der Waals surface area contributed by atoms with Crippen LogP contribution < -0.4 is 16.2 Å². The molecular formula is C20H16N6O5. The fraction of sp³-hybridized carbons (Fsp3) is 0.100. The molecular weight excluding hydrogens is 404 g/mol. The Kier molecular flexibility index (Phi) is 4.91. The van der Waals surface area contributed by atoms with Gasteiger partial charge in [-0.05, 0) is 25.1 Å². The number of amides is 1. The molecule has 156 valence electrons. The number of rotatable bonds is 6. The number of hydrogen-bond acceptors (Lipinski definition) is 7. The number of ether oxygens (including phenoxy) is 1. The number of imidazole rings is 1. The second-order valence-corrected chi connectivity index (χ2v) is 6.40. The summed E-state index contributed by atoms with van der Waals surface area (Å²) in [5.41, 5.74) is 4.88. The molecule has 0 fully saturated rings. The van der Waals surface area contributed by atoms with E-state index in [9.17, 15) is 19.7 Å². The molecule has 0 aliphatic heterocycles. The van der Waals surface area contributed by atoms with Crippen LogP contribution in [-0.4, -0.2) is 37.0 Å². The summed E-state index contributed by atoms with van der Waals surface area (Å²) >= 11 is 0. The van der Waals surface area contributed by atoms with Crippen molar-refractivity contribution in [3.05, 3.63) is 74.8 Å². The maximum absolute atomic E-state index is 12.8. The van der Waals surface area contributed by atoms with Crippen LogP contribution in [0.25, 0.3) is 28.2 Å². The number of primary amides is 1. The van der Waals surface area contributed by atoms with Crippen molar-refractivity contribution in [2.75, 3.05) is 6.61 Å². The lowest BCUT2D eigenvalue weighted by atomic mass is 10.1. The molecule has 4 aromatic rings. The molecule has 0 radical (unpaired) electrons. The van der Waals surface area contributed by atoms with Gasteiger partial charge in [0.15, 0.2) is 17.2 Å². The third kappa shape index (κ3) is 3.37. The molecule has 1 amide bonds. The Morgan fingerprint density at radius 1 is 1.19 bits per heavy atom. The standard InChI is InChI=1S/C20H16N6O5/c1-2-31-14-10-6-5-9-13(14)25-19-16(23-20(25)28)15(17(21)27)22-18(24-19)11-7-3-4-8-12(11)26(29)30/h3-10H,2H2,1H3,(H2,21,27)(H,23,28). The van der Waals surface area contributed by atoms with E-state index in [-0.39, 0.29) is 33.9 Å². The van der Waals surface area contributed by atoms with Gasteiger partial charge in [0.05, 0.1) is 22.8 Å². The zero-order valence-corrected chi connectivity index (χ0v) is 16.2. The van der Waals surface area contributed by atoms with Crippen LogP contribution >= 0.6 is 0 Å². The Hall–Kier alpha value is -4.54. The minimum Gasteiger partial charge on any atom is -0.492 e. The van der Waals surface area contributed by atoms with Crippen molar-refractivity contribution in [2.45, 2.75) is 6.92 Å². The molecule has 0 aliphatic rings. The summed E-state index contributed by atoms with van der Waals surface area (Å²) in [6.45, 7) is 2.16. The van der Waals surface area contributed by atoms with E-state index in [4.69, 9.17) is 10.5 Å². The zero-order chi connectivity index (χ0) is 22.1. The zero-order valence-electron chi connectivity index (χ0n) is 16.2. The Morgan fingerprint density at radius 3 is 2.61 bits per heavy atom. The molecule has 2 heterocycles. The third-order valence-corrected chi connectivity index (χ3v) is 4.52. The van der Waals surface area contributed by atoms with E-state index >= 15 is 0 Å². The molecule has 0 aliphatic carbocycles. The number of hydrogen-bond donors (Lipinski definition) is 2. The third-order valence-electron chi connectivity index (χ3n) is 4.52. The molecule has 0 spiro atoms. The number of benzene rings is 2. The van der Waals surface area contributed by atoms with Crippen molar-refractivity contribution < 1.29 is 14.5 Å². The average molecular weight is 420 g/mol. The highest BCUT2D eigenvalue weighted by Gasteiger charge is 2.24. The lowest BCUT2D eigenvalue weighted by molar-refractivity contribution is -0.384. The van der Waals surface area contributed by atoms with Crippen LogP contribution in [0.4, 0.5) is 5.69 Å². The fourth-order valence-corrected chi connectivity index (χ4v) is 3.25. The smallest absolute Gasteiger partial charge is 0.332 e. The molecule has 2 aromatic heterocycles. The molecule has 0 bridgehead atoms. The number of H-pyrrole nitrogens is 1. The number of para-hydroxylation sites is 3. The predicted octanol–water partition coefficient (Wildman–Crippen LogP) is 2.18. The van der Waals surface area contributed by atoms with Crippen LogP contribution in [0.1, 0.15) is 17.4 Å². The van der Waals surface area contributed by atoms with Gasteiger partial charge in [-0.3, -0.25) is 14.9 Å². The van der Waals surface area contributed by atoms with Gasteiger partial charge in [-0.15, -0.1) is 0 Å². The minimum atomic E-state index is -0.918. The van der Waals surface area contributed by atoms with Gasteiger partial charge < -0.3 is 15.5 Å². The van der Waals surface area contributed by atoms with E-state index < -0.39 is 16.5 Å². The summed E-state index contributed by atoms with van der Waals surface area (Å²) in [5.74, 6) is -0.617. The summed E-state index contributed by atoms with van der Waals surface area (Å²) in [6, 6.07) is 12.6. The van der Waals surface area contributed by atoms with Crippen LogP contribution in [0.2, 0.25) is 0 Å². The molecule has 31 heavy (non-hydrogen) atoms. The van der Waals surface area contributed by atoms with Crippen molar-refractivity contribution in [3.8, 4) is 22.8 Å². The monoisotopic (exact) mass is 420 g/mol. The van der Waals surface area contributed by atoms with Gasteiger partial charge in [0, 0.05) is 6.07 Å². The van der Waals surface area contributed by atoms with E-state index in [1.165, 1.54) is 22.8 Å². The summed E-state index contributed by atoms with van der Waals surface area (Å²) in [4.78, 5) is 46.8. The van der Waals surface area contributed by atoms with Crippen LogP contribution in [0.5, 0.6) is 5.75 Å². The molecule has 0 saturated carbocycles. The van der Waals surface area contributed by atoms with E-state index in [1.807, 2.05) is 0 Å². The van der Waals surface area contributed by atoms with Crippen LogP contribution in [-0.2, 0) is 0 Å². The van der Waals surface area contributed by atoms with Gasteiger partial charge in [0.25, 0.3) is 11.6 Å². The van der Waals surface area contributed by atoms with Gasteiger partial charge in [0.1, 0.15) is 11.3 Å². The SMILES string of the molecule is CCOc1ccccc1-n1c(=O)[nH]c2c(C(N)=O)nc(-c3ccccc3[N+](=O)[O-])nc21.